The Morgan fingerprint density at radius 1 is 1.25 bits per heavy atom. The highest BCUT2D eigenvalue weighted by atomic mass is 35.5. The second-order valence-electron chi connectivity index (χ2n) is 6.57. The molecule has 0 radical (unpaired) electrons. The Morgan fingerprint density at radius 3 is 2.57 bits per heavy atom. The minimum atomic E-state index is -0.547. The molecule has 146 valence electrons. The number of aryl methyl sites for hydroxylation is 1. The van der Waals surface area contributed by atoms with E-state index in [4.69, 9.17) is 11.6 Å². The maximum Gasteiger partial charge on any atom is 0.322 e. The van der Waals surface area contributed by atoms with E-state index in [2.05, 4.69) is 5.32 Å². The normalized spacial score (nSPS) is 12.0. The van der Waals surface area contributed by atoms with Crippen LogP contribution < -0.4 is 10.9 Å². The first-order valence-electron chi connectivity index (χ1n) is 8.94. The Kier molecular flexibility index (Phi) is 5.70. The number of aromatic nitrogens is 1. The van der Waals surface area contributed by atoms with Gasteiger partial charge in [-0.1, -0.05) is 29.8 Å². The number of pyridine rings is 1. The molecular weight excluding hydrogens is 381 g/mol. The fourth-order valence-corrected chi connectivity index (χ4v) is 3.29. The van der Waals surface area contributed by atoms with Gasteiger partial charge in [0.2, 0.25) is 0 Å². The van der Waals surface area contributed by atoms with Crippen LogP contribution in [0.25, 0.3) is 10.8 Å². The molecule has 0 aliphatic rings. The smallest absolute Gasteiger partial charge is 0.321 e. The molecule has 3 aromatic rings. The highest BCUT2D eigenvalue weighted by Crippen LogP contribution is 2.27. The van der Waals surface area contributed by atoms with Crippen molar-refractivity contribution in [2.75, 3.05) is 12.4 Å². The van der Waals surface area contributed by atoms with E-state index >= 15 is 0 Å². The monoisotopic (exact) mass is 401 g/mol. The number of nitrogens with one attached hydrogen (secondary N) is 1. The molecule has 2 aromatic carbocycles. The van der Waals surface area contributed by atoms with Gasteiger partial charge in [-0.25, -0.2) is 9.18 Å². The number of carbonyl (C=O) groups excluding carboxylic acids is 1. The quantitative estimate of drug-likeness (QED) is 0.665. The van der Waals surface area contributed by atoms with Crippen LogP contribution in [0, 0.1) is 5.82 Å². The van der Waals surface area contributed by atoms with Gasteiger partial charge in [0.25, 0.3) is 5.56 Å². The minimum Gasteiger partial charge on any atom is -0.321 e. The van der Waals surface area contributed by atoms with E-state index in [0.717, 1.165) is 10.9 Å². The van der Waals surface area contributed by atoms with E-state index < -0.39 is 5.82 Å². The summed E-state index contributed by atoms with van der Waals surface area (Å²) in [5.41, 5.74) is 1.22. The third kappa shape index (κ3) is 3.73. The molecule has 1 aromatic heterocycles. The van der Waals surface area contributed by atoms with E-state index in [1.165, 1.54) is 23.1 Å². The number of anilines is 1. The summed E-state index contributed by atoms with van der Waals surface area (Å²) in [6, 6.07) is 10.7. The molecule has 0 aliphatic heterocycles. The van der Waals surface area contributed by atoms with Crippen LogP contribution >= 0.6 is 11.6 Å². The molecule has 0 fully saturated rings. The zero-order valence-corrected chi connectivity index (χ0v) is 16.6. The van der Waals surface area contributed by atoms with Crippen LogP contribution in [0.1, 0.15) is 25.5 Å². The van der Waals surface area contributed by atoms with Crippen molar-refractivity contribution in [1.82, 2.24) is 9.47 Å². The number of benzene rings is 2. The van der Waals surface area contributed by atoms with E-state index in [-0.39, 0.29) is 22.7 Å². The van der Waals surface area contributed by atoms with Gasteiger partial charge in [-0.2, -0.15) is 0 Å². The van der Waals surface area contributed by atoms with Crippen LogP contribution in [0.15, 0.2) is 53.5 Å². The van der Waals surface area contributed by atoms with Gasteiger partial charge < -0.3 is 14.8 Å². The summed E-state index contributed by atoms with van der Waals surface area (Å²) in [5.74, 6) is -0.547. The lowest BCUT2D eigenvalue weighted by Crippen LogP contribution is -2.34. The highest BCUT2D eigenvalue weighted by molar-refractivity contribution is 6.31. The van der Waals surface area contributed by atoms with Crippen LogP contribution in [-0.4, -0.2) is 22.5 Å². The summed E-state index contributed by atoms with van der Waals surface area (Å²) in [6.07, 6.45) is 1.80. The Labute approximate surface area is 167 Å². The van der Waals surface area contributed by atoms with Gasteiger partial charge in [0.1, 0.15) is 5.82 Å². The third-order valence-electron chi connectivity index (χ3n) is 4.89. The lowest BCUT2D eigenvalue weighted by molar-refractivity contribution is 0.208. The molecule has 0 saturated carbocycles. The highest BCUT2D eigenvalue weighted by Gasteiger charge is 2.21. The van der Waals surface area contributed by atoms with Gasteiger partial charge in [0.05, 0.1) is 11.1 Å². The van der Waals surface area contributed by atoms with Gasteiger partial charge in [-0.15, -0.1) is 0 Å². The van der Waals surface area contributed by atoms with E-state index in [1.54, 1.807) is 23.9 Å². The maximum atomic E-state index is 13.3. The molecule has 28 heavy (non-hydrogen) atoms. The number of halogens is 2. The van der Waals surface area contributed by atoms with Crippen molar-refractivity contribution >= 4 is 34.1 Å². The first-order valence-corrected chi connectivity index (χ1v) is 9.32. The molecule has 0 bridgehead atoms. The van der Waals surface area contributed by atoms with Crippen molar-refractivity contribution < 1.29 is 9.18 Å². The van der Waals surface area contributed by atoms with Crippen molar-refractivity contribution in [1.29, 1.82) is 0 Å². The molecule has 1 atom stereocenters. The van der Waals surface area contributed by atoms with Crippen molar-refractivity contribution in [3.63, 3.8) is 0 Å². The number of hydrogen-bond donors (Lipinski definition) is 1. The van der Waals surface area contributed by atoms with Crippen molar-refractivity contribution in [2.45, 2.75) is 26.4 Å². The standard InChI is InChI=1S/C21H21ClFN3O2/c1-4-26-12-17(15-7-5-6-8-16(15)20(26)27)13(2)25(3)21(28)24-14-9-10-19(23)18(22)11-14/h5-13H,4H2,1-3H3,(H,24,28)/t13-/m1/s1. The Hall–Kier alpha value is -2.86. The van der Waals surface area contributed by atoms with Crippen molar-refractivity contribution in [3.05, 3.63) is 75.4 Å². The molecule has 3 rings (SSSR count). The molecule has 0 unspecified atom stereocenters. The Balaban J connectivity index is 1.93. The zero-order valence-electron chi connectivity index (χ0n) is 15.9. The molecule has 0 spiro atoms. The van der Waals surface area contributed by atoms with Gasteiger partial charge >= 0.3 is 6.03 Å². The number of rotatable bonds is 4. The van der Waals surface area contributed by atoms with Gasteiger partial charge in [-0.3, -0.25) is 4.79 Å². The van der Waals surface area contributed by atoms with Crippen LogP contribution in [0.2, 0.25) is 5.02 Å². The molecule has 5 nitrogen and oxygen atoms in total. The predicted octanol–water partition coefficient (Wildman–Crippen LogP) is 5.04. The SMILES string of the molecule is CCn1cc([C@@H](C)N(C)C(=O)Nc2ccc(F)c(Cl)c2)c2ccccc2c1=O. The zero-order chi connectivity index (χ0) is 20.4. The summed E-state index contributed by atoms with van der Waals surface area (Å²) in [4.78, 5) is 26.8. The molecule has 1 heterocycles. The number of urea groups is 1. The lowest BCUT2D eigenvalue weighted by Gasteiger charge is -2.27. The molecule has 0 aliphatic carbocycles. The third-order valence-corrected chi connectivity index (χ3v) is 5.18. The van der Waals surface area contributed by atoms with E-state index in [0.29, 0.717) is 17.6 Å². The molecular formula is C21H21ClFN3O2. The molecule has 2 amide bonds. The van der Waals surface area contributed by atoms with Crippen LogP contribution in [0.4, 0.5) is 14.9 Å². The average Bonchev–Trinajstić information content (AvgIpc) is 2.70. The summed E-state index contributed by atoms with van der Waals surface area (Å²) in [7, 11) is 1.67. The molecule has 0 saturated heterocycles. The number of carbonyl (C=O) groups is 1. The Morgan fingerprint density at radius 2 is 1.93 bits per heavy atom. The second kappa shape index (κ2) is 8.02. The summed E-state index contributed by atoms with van der Waals surface area (Å²) in [5, 5.41) is 4.09. The number of hydrogen-bond acceptors (Lipinski definition) is 2. The summed E-state index contributed by atoms with van der Waals surface area (Å²) >= 11 is 5.78. The first-order chi connectivity index (χ1) is 13.3. The van der Waals surface area contributed by atoms with Gasteiger partial charge in [-0.05, 0) is 49.1 Å². The minimum absolute atomic E-state index is 0.0536. The molecule has 7 heteroatoms. The average molecular weight is 402 g/mol. The van der Waals surface area contributed by atoms with Crippen molar-refractivity contribution in [2.24, 2.45) is 0 Å². The number of nitrogens with zero attached hydrogens (tertiary/aromatic N) is 2. The molecule has 1 N–H and O–H groups in total. The predicted molar refractivity (Wildman–Crippen MR) is 110 cm³/mol. The topological polar surface area (TPSA) is 54.3 Å². The number of amides is 2. The lowest BCUT2D eigenvalue weighted by atomic mass is 10.0. The van der Waals surface area contributed by atoms with Crippen molar-refractivity contribution in [3.8, 4) is 0 Å². The largest absolute Gasteiger partial charge is 0.322 e. The van der Waals surface area contributed by atoms with E-state index in [1.807, 2.05) is 32.0 Å². The Bertz CT molecular complexity index is 1100. The van der Waals surface area contributed by atoms with Crippen LogP contribution in [0.5, 0.6) is 0 Å². The van der Waals surface area contributed by atoms with Gasteiger partial charge in [0.15, 0.2) is 0 Å². The summed E-state index contributed by atoms with van der Waals surface area (Å²) in [6.45, 7) is 4.33. The second-order valence-corrected chi connectivity index (χ2v) is 6.97. The van der Waals surface area contributed by atoms with Gasteiger partial charge in [0, 0.05) is 30.9 Å². The maximum absolute atomic E-state index is 13.3. The van der Waals surface area contributed by atoms with Crippen LogP contribution in [-0.2, 0) is 6.54 Å². The fraction of sp³-hybridized carbons (Fsp3) is 0.238. The first kappa shape index (κ1) is 19.9. The van der Waals surface area contributed by atoms with Crippen LogP contribution in [0.3, 0.4) is 0 Å². The van der Waals surface area contributed by atoms with E-state index in [9.17, 15) is 14.0 Å². The summed E-state index contributed by atoms with van der Waals surface area (Å²) < 4.78 is 15.0. The fourth-order valence-electron chi connectivity index (χ4n) is 3.11. The number of fused-ring (bicyclic) bond motifs is 1.